The van der Waals surface area contributed by atoms with Crippen LogP contribution in [0.4, 0.5) is 0 Å². The van der Waals surface area contributed by atoms with Crippen molar-refractivity contribution in [1.82, 2.24) is 0 Å². The molecule has 0 aliphatic heterocycles. The monoisotopic (exact) mass is 301 g/mol. The Morgan fingerprint density at radius 3 is 2.35 bits per heavy atom. The molecule has 1 unspecified atom stereocenters. The van der Waals surface area contributed by atoms with Gasteiger partial charge in [-0.15, -0.1) is 0 Å². The average Bonchev–Trinajstić information content (AvgIpc) is 2.29. The summed E-state index contributed by atoms with van der Waals surface area (Å²) < 4.78 is 12.1. The highest BCUT2D eigenvalue weighted by molar-refractivity contribution is 9.10. The van der Waals surface area contributed by atoms with Crippen LogP contribution >= 0.6 is 15.9 Å². The van der Waals surface area contributed by atoms with Gasteiger partial charge in [-0.2, -0.15) is 0 Å². The lowest BCUT2D eigenvalue weighted by atomic mass is 10.0. The molecule has 1 aromatic rings. The first-order valence-corrected chi connectivity index (χ1v) is 6.53. The highest BCUT2D eigenvalue weighted by Crippen LogP contribution is 2.36. The summed E-state index contributed by atoms with van der Waals surface area (Å²) in [6.07, 6.45) is 0.117. The number of methoxy groups -OCH3 is 1. The van der Waals surface area contributed by atoms with Gasteiger partial charge in [0.15, 0.2) is 11.5 Å². The molecule has 0 radical (unpaired) electrons. The molecule has 0 amide bonds. The van der Waals surface area contributed by atoms with Crippen molar-refractivity contribution in [2.45, 2.75) is 32.8 Å². The van der Waals surface area contributed by atoms with Gasteiger partial charge in [0.05, 0.1) is 13.2 Å². The van der Waals surface area contributed by atoms with E-state index in [0.717, 1.165) is 21.5 Å². The number of ether oxygens (including phenoxy) is 2. The maximum atomic E-state index is 5.74. The van der Waals surface area contributed by atoms with E-state index in [1.165, 1.54) is 0 Å². The van der Waals surface area contributed by atoms with Crippen LogP contribution in [0, 0.1) is 0 Å². The standard InChI is InChI=1S/C13H20BrNO2/c1-8(2)17-13-5-10(9(3)7-15)11(14)6-12(13)16-4/h5-6,8-9H,7,15H2,1-4H3. The van der Waals surface area contributed by atoms with Crippen LogP contribution in [-0.2, 0) is 0 Å². The van der Waals surface area contributed by atoms with E-state index in [1.54, 1.807) is 7.11 Å². The van der Waals surface area contributed by atoms with Gasteiger partial charge in [-0.25, -0.2) is 0 Å². The molecule has 96 valence electrons. The lowest BCUT2D eigenvalue weighted by Crippen LogP contribution is -2.11. The van der Waals surface area contributed by atoms with Crippen molar-refractivity contribution in [3.8, 4) is 11.5 Å². The average molecular weight is 302 g/mol. The Kier molecular flexibility index (Phi) is 5.28. The highest BCUT2D eigenvalue weighted by atomic mass is 79.9. The van der Waals surface area contributed by atoms with E-state index in [4.69, 9.17) is 15.2 Å². The zero-order valence-electron chi connectivity index (χ0n) is 10.8. The second kappa shape index (κ2) is 6.26. The molecule has 0 heterocycles. The van der Waals surface area contributed by atoms with E-state index < -0.39 is 0 Å². The van der Waals surface area contributed by atoms with Crippen molar-refractivity contribution < 1.29 is 9.47 Å². The molecule has 1 atom stereocenters. The van der Waals surface area contributed by atoms with Gasteiger partial charge in [-0.05, 0) is 44.0 Å². The molecule has 0 saturated heterocycles. The number of nitrogens with two attached hydrogens (primary N) is 1. The maximum Gasteiger partial charge on any atom is 0.161 e. The maximum absolute atomic E-state index is 5.74. The van der Waals surface area contributed by atoms with Gasteiger partial charge in [-0.3, -0.25) is 0 Å². The molecular weight excluding hydrogens is 282 g/mol. The van der Waals surface area contributed by atoms with E-state index in [1.807, 2.05) is 26.0 Å². The fraction of sp³-hybridized carbons (Fsp3) is 0.538. The molecule has 4 heteroatoms. The van der Waals surface area contributed by atoms with Crippen molar-refractivity contribution in [3.05, 3.63) is 22.2 Å². The molecule has 0 aromatic heterocycles. The zero-order chi connectivity index (χ0) is 13.0. The van der Waals surface area contributed by atoms with Crippen LogP contribution in [-0.4, -0.2) is 19.8 Å². The summed E-state index contributed by atoms with van der Waals surface area (Å²) in [7, 11) is 1.64. The van der Waals surface area contributed by atoms with Gasteiger partial charge in [0.25, 0.3) is 0 Å². The highest BCUT2D eigenvalue weighted by Gasteiger charge is 2.14. The van der Waals surface area contributed by atoms with Gasteiger partial charge in [0.1, 0.15) is 0 Å². The molecule has 2 N–H and O–H groups in total. The van der Waals surface area contributed by atoms with E-state index in [0.29, 0.717) is 6.54 Å². The number of halogens is 1. The molecule has 0 spiro atoms. The summed E-state index contributed by atoms with van der Waals surface area (Å²) >= 11 is 3.54. The molecule has 0 bridgehead atoms. The van der Waals surface area contributed by atoms with Crippen LogP contribution < -0.4 is 15.2 Å². The summed E-state index contributed by atoms with van der Waals surface area (Å²) in [6, 6.07) is 3.93. The number of benzene rings is 1. The lowest BCUT2D eigenvalue weighted by molar-refractivity contribution is 0.229. The number of rotatable bonds is 5. The first-order valence-electron chi connectivity index (χ1n) is 5.73. The molecule has 0 fully saturated rings. The molecule has 1 aromatic carbocycles. The fourth-order valence-electron chi connectivity index (χ4n) is 1.56. The minimum absolute atomic E-state index is 0.117. The SMILES string of the molecule is COc1cc(Br)c(C(C)CN)cc1OC(C)C. The lowest BCUT2D eigenvalue weighted by Gasteiger charge is -2.18. The Balaban J connectivity index is 3.17. The summed E-state index contributed by atoms with van der Waals surface area (Å²) in [5.41, 5.74) is 6.84. The van der Waals surface area contributed by atoms with E-state index in [-0.39, 0.29) is 12.0 Å². The number of hydrogen-bond acceptors (Lipinski definition) is 3. The van der Waals surface area contributed by atoms with E-state index >= 15 is 0 Å². The smallest absolute Gasteiger partial charge is 0.161 e. The van der Waals surface area contributed by atoms with Gasteiger partial charge < -0.3 is 15.2 Å². The second-order valence-electron chi connectivity index (χ2n) is 4.33. The van der Waals surface area contributed by atoms with Crippen molar-refractivity contribution in [2.75, 3.05) is 13.7 Å². The second-order valence-corrected chi connectivity index (χ2v) is 5.18. The van der Waals surface area contributed by atoms with Gasteiger partial charge >= 0.3 is 0 Å². The largest absolute Gasteiger partial charge is 0.493 e. The Morgan fingerprint density at radius 1 is 1.24 bits per heavy atom. The fourth-order valence-corrected chi connectivity index (χ4v) is 2.27. The third-order valence-electron chi connectivity index (χ3n) is 2.53. The van der Waals surface area contributed by atoms with Crippen molar-refractivity contribution in [2.24, 2.45) is 5.73 Å². The van der Waals surface area contributed by atoms with Crippen molar-refractivity contribution in [1.29, 1.82) is 0 Å². The van der Waals surface area contributed by atoms with E-state index in [9.17, 15) is 0 Å². The van der Waals surface area contributed by atoms with Crippen molar-refractivity contribution in [3.63, 3.8) is 0 Å². The topological polar surface area (TPSA) is 44.5 Å². The van der Waals surface area contributed by atoms with Gasteiger partial charge in [0.2, 0.25) is 0 Å². The predicted octanol–water partition coefficient (Wildman–Crippen LogP) is 3.31. The van der Waals surface area contributed by atoms with E-state index in [2.05, 4.69) is 22.9 Å². The third-order valence-corrected chi connectivity index (χ3v) is 3.22. The third kappa shape index (κ3) is 3.61. The minimum Gasteiger partial charge on any atom is -0.493 e. The van der Waals surface area contributed by atoms with Crippen LogP contribution in [0.15, 0.2) is 16.6 Å². The van der Waals surface area contributed by atoms with Crippen LogP contribution in [0.3, 0.4) is 0 Å². The molecule has 3 nitrogen and oxygen atoms in total. The number of hydrogen-bond donors (Lipinski definition) is 1. The Bertz CT molecular complexity index is 380. The molecule has 0 aliphatic rings. The molecule has 17 heavy (non-hydrogen) atoms. The van der Waals surface area contributed by atoms with Crippen LogP contribution in [0.2, 0.25) is 0 Å². The molecule has 0 aliphatic carbocycles. The first-order chi connectivity index (χ1) is 7.99. The molecule has 1 rings (SSSR count). The Morgan fingerprint density at radius 2 is 1.88 bits per heavy atom. The van der Waals surface area contributed by atoms with Gasteiger partial charge in [-0.1, -0.05) is 22.9 Å². The Labute approximate surface area is 111 Å². The normalized spacial score (nSPS) is 12.6. The van der Waals surface area contributed by atoms with Crippen LogP contribution in [0.5, 0.6) is 11.5 Å². The molecular formula is C13H20BrNO2. The summed E-state index contributed by atoms with van der Waals surface area (Å²) in [5, 5.41) is 0. The van der Waals surface area contributed by atoms with Gasteiger partial charge in [0, 0.05) is 4.47 Å². The molecule has 0 saturated carbocycles. The summed E-state index contributed by atoms with van der Waals surface area (Å²) in [6.45, 7) is 6.68. The zero-order valence-corrected chi connectivity index (χ0v) is 12.4. The quantitative estimate of drug-likeness (QED) is 0.907. The predicted molar refractivity (Wildman–Crippen MR) is 73.9 cm³/mol. The Hall–Kier alpha value is -0.740. The summed E-state index contributed by atoms with van der Waals surface area (Å²) in [5.74, 6) is 1.78. The van der Waals surface area contributed by atoms with Crippen molar-refractivity contribution >= 4 is 15.9 Å². The minimum atomic E-state index is 0.117. The van der Waals surface area contributed by atoms with Crippen LogP contribution in [0.1, 0.15) is 32.3 Å². The first kappa shape index (κ1) is 14.3. The summed E-state index contributed by atoms with van der Waals surface area (Å²) in [4.78, 5) is 0. The van der Waals surface area contributed by atoms with Crippen LogP contribution in [0.25, 0.3) is 0 Å².